The Morgan fingerprint density at radius 3 is 0.808 bits per heavy atom. The number of benzene rings is 2. The third-order valence-corrected chi connectivity index (χ3v) is 5.95. The summed E-state index contributed by atoms with van der Waals surface area (Å²) in [5.41, 5.74) is 0. The van der Waals surface area contributed by atoms with Crippen LogP contribution in [0.1, 0.15) is 0 Å². The van der Waals surface area contributed by atoms with Crippen LogP contribution in [-0.4, -0.2) is 0 Å². The molecule has 0 heterocycles. The average Bonchev–Trinajstić information content (AvgIpc) is 2.59. The van der Waals surface area contributed by atoms with Crippen molar-refractivity contribution in [2.24, 2.45) is 0 Å². The minimum atomic E-state index is -1.07. The van der Waals surface area contributed by atoms with E-state index < -0.39 is 23.3 Å². The average molecular weight is 424 g/mol. The highest BCUT2D eigenvalue weighted by Crippen LogP contribution is 2.29. The van der Waals surface area contributed by atoms with Crippen LogP contribution in [0.2, 0.25) is 0 Å². The molecule has 0 unspecified atom stereocenters. The quantitative estimate of drug-likeness (QED) is 0.219. The lowest BCUT2D eigenvalue weighted by molar-refractivity contribution is 0.511. The Kier molecular flexibility index (Phi) is 4.00. The zero-order valence-corrected chi connectivity index (χ0v) is 15.7. The lowest BCUT2D eigenvalue weighted by atomic mass is 10.0. The van der Waals surface area contributed by atoms with Crippen LogP contribution < -0.4 is 0 Å². The summed E-state index contributed by atoms with van der Waals surface area (Å²) in [5, 5.41) is 1.47. The summed E-state index contributed by atoms with van der Waals surface area (Å²) in [6.45, 7) is 0. The summed E-state index contributed by atoms with van der Waals surface area (Å²) in [7, 11) is 0. The van der Waals surface area contributed by atoms with Crippen LogP contribution in [-0.2, 0) is 0 Å². The normalized spacial score (nSPS) is 11.7. The van der Waals surface area contributed by atoms with E-state index >= 15 is 0 Å². The zero-order valence-electron chi connectivity index (χ0n) is 12.5. The minimum absolute atomic E-state index is 0.144. The first-order valence-corrected chi connectivity index (χ1v) is 8.76. The van der Waals surface area contributed by atoms with Gasteiger partial charge < -0.3 is 0 Å². The van der Waals surface area contributed by atoms with Gasteiger partial charge in [0, 0.05) is 32.0 Å². The van der Waals surface area contributed by atoms with E-state index in [2.05, 4.69) is 0 Å². The molecule has 0 fully saturated rings. The van der Waals surface area contributed by atoms with Crippen LogP contribution in [0.3, 0.4) is 0 Å². The first kappa shape index (κ1) is 17.7. The molecule has 0 bridgehead atoms. The summed E-state index contributed by atoms with van der Waals surface area (Å²) < 4.78 is 55.4. The van der Waals surface area contributed by atoms with Gasteiger partial charge in [0.1, 0.15) is 0 Å². The summed E-state index contributed by atoms with van der Waals surface area (Å²) in [5.74, 6) is -4.29. The number of hydrogen-bond acceptors (Lipinski definition) is 4. The Labute approximate surface area is 163 Å². The predicted molar refractivity (Wildman–Crippen MR) is 102 cm³/mol. The number of rotatable bonds is 0. The maximum atomic E-state index is 13.7. The molecule has 0 spiro atoms. The fourth-order valence-corrected chi connectivity index (χ4v) is 4.67. The fourth-order valence-electron chi connectivity index (χ4n) is 3.04. The second-order valence-electron chi connectivity index (χ2n) is 5.69. The summed E-state index contributed by atoms with van der Waals surface area (Å²) >= 11 is 21.6. The number of fused-ring (bicyclic) bond motifs is 2. The van der Waals surface area contributed by atoms with Crippen molar-refractivity contribution >= 4 is 70.4 Å². The second kappa shape index (κ2) is 5.88. The van der Waals surface area contributed by atoms with Crippen molar-refractivity contribution in [3.63, 3.8) is 0 Å². The number of halogens is 4. The largest absolute Gasteiger partial charge is 0.204 e. The maximum absolute atomic E-state index is 13.7. The van der Waals surface area contributed by atoms with Gasteiger partial charge in [0.25, 0.3) is 0 Å². The SMILES string of the molecule is Fc1cc2c(=S)c3c(=S)c4cc(F)c(F)cc4c(=S)c=3c(=S)c2cc1F. The van der Waals surface area contributed by atoms with E-state index in [1.807, 2.05) is 0 Å². The molecule has 2 aliphatic rings. The molecular weight excluding hydrogens is 420 g/mol. The fraction of sp³-hybridized carbons (Fsp3) is 0. The van der Waals surface area contributed by atoms with Crippen LogP contribution in [0.15, 0.2) is 24.3 Å². The summed E-state index contributed by atoms with van der Waals surface area (Å²) in [4.78, 5) is 0. The molecule has 0 radical (unpaired) electrons. The molecule has 0 aromatic heterocycles. The summed E-state index contributed by atoms with van der Waals surface area (Å²) in [6, 6.07) is 3.82. The van der Waals surface area contributed by atoms with Crippen LogP contribution in [0.4, 0.5) is 17.6 Å². The van der Waals surface area contributed by atoms with Gasteiger partial charge in [-0.1, -0.05) is 48.9 Å². The van der Waals surface area contributed by atoms with Crippen LogP contribution in [0.5, 0.6) is 0 Å². The van der Waals surface area contributed by atoms with Gasteiger partial charge >= 0.3 is 0 Å². The Morgan fingerprint density at radius 2 is 0.615 bits per heavy atom. The molecule has 2 aromatic carbocycles. The lowest BCUT2D eigenvalue weighted by Gasteiger charge is -2.06. The molecule has 4 rings (SSSR count). The predicted octanol–water partition coefficient (Wildman–Crippen LogP) is 7.07. The topological polar surface area (TPSA) is 0 Å². The third kappa shape index (κ3) is 2.29. The molecule has 128 valence electrons. The molecule has 0 saturated heterocycles. The van der Waals surface area contributed by atoms with Crippen LogP contribution >= 0.6 is 48.9 Å². The monoisotopic (exact) mass is 424 g/mol. The van der Waals surface area contributed by atoms with Gasteiger partial charge in [0.05, 0.1) is 18.0 Å². The molecular formula is C18H4F4S4. The Balaban J connectivity index is 2.52. The van der Waals surface area contributed by atoms with E-state index in [1.165, 1.54) is 0 Å². The van der Waals surface area contributed by atoms with Crippen molar-refractivity contribution in [3.05, 3.63) is 76.0 Å². The Hall–Kier alpha value is -1.74. The second-order valence-corrected chi connectivity index (χ2v) is 7.32. The molecule has 0 atom stereocenters. The van der Waals surface area contributed by atoms with Crippen molar-refractivity contribution in [1.82, 2.24) is 0 Å². The van der Waals surface area contributed by atoms with Crippen LogP contribution in [0.25, 0.3) is 21.5 Å². The highest BCUT2D eigenvalue weighted by atomic mass is 32.1. The highest BCUT2D eigenvalue weighted by Gasteiger charge is 2.14. The smallest absolute Gasteiger partial charge is 0.159 e. The van der Waals surface area contributed by atoms with Gasteiger partial charge in [-0.25, -0.2) is 17.6 Å². The van der Waals surface area contributed by atoms with E-state index in [4.69, 9.17) is 48.9 Å². The van der Waals surface area contributed by atoms with E-state index in [-0.39, 0.29) is 39.6 Å². The minimum Gasteiger partial charge on any atom is -0.204 e. The molecule has 0 aliphatic heterocycles. The number of hydrogen-bond donors (Lipinski definition) is 0. The van der Waals surface area contributed by atoms with Crippen molar-refractivity contribution in [1.29, 1.82) is 0 Å². The Morgan fingerprint density at radius 1 is 0.423 bits per heavy atom. The third-order valence-electron chi connectivity index (χ3n) is 4.26. The molecule has 0 nitrogen and oxygen atoms in total. The van der Waals surface area contributed by atoms with Gasteiger partial charge in [-0.2, -0.15) is 0 Å². The van der Waals surface area contributed by atoms with Crippen molar-refractivity contribution in [2.45, 2.75) is 0 Å². The molecule has 26 heavy (non-hydrogen) atoms. The standard InChI is InChI=1S/C18H4F4S4/c19-9-1-5-6(2-10(9)20)16(24)14-13(15(5)23)17(25)7-3-11(21)12(22)4-8(7)18(14)26/h1-4H. The van der Waals surface area contributed by atoms with Gasteiger partial charge in [0.15, 0.2) is 23.3 Å². The highest BCUT2D eigenvalue weighted by molar-refractivity contribution is 7.73. The maximum Gasteiger partial charge on any atom is 0.159 e. The molecule has 0 amide bonds. The molecule has 0 saturated carbocycles. The van der Waals surface area contributed by atoms with Crippen molar-refractivity contribution < 1.29 is 17.6 Å². The first-order chi connectivity index (χ1) is 12.2. The van der Waals surface area contributed by atoms with Gasteiger partial charge in [-0.3, -0.25) is 0 Å². The van der Waals surface area contributed by atoms with Gasteiger partial charge in [-0.05, 0) is 24.3 Å². The Bertz CT molecular complexity index is 1320. The van der Waals surface area contributed by atoms with E-state index in [9.17, 15) is 17.6 Å². The van der Waals surface area contributed by atoms with Gasteiger partial charge in [-0.15, -0.1) is 0 Å². The molecule has 8 heteroatoms. The summed E-state index contributed by atoms with van der Waals surface area (Å²) in [6.07, 6.45) is 0. The van der Waals surface area contributed by atoms with E-state index in [0.717, 1.165) is 24.3 Å². The molecule has 2 aliphatic carbocycles. The molecule has 0 N–H and O–H groups in total. The molecule has 2 aromatic rings. The van der Waals surface area contributed by atoms with Gasteiger partial charge in [0.2, 0.25) is 0 Å². The first-order valence-electron chi connectivity index (χ1n) is 7.13. The van der Waals surface area contributed by atoms with Crippen LogP contribution in [0, 0.1) is 51.7 Å². The van der Waals surface area contributed by atoms with E-state index in [0.29, 0.717) is 10.4 Å². The van der Waals surface area contributed by atoms with Crippen molar-refractivity contribution in [2.75, 3.05) is 0 Å². The van der Waals surface area contributed by atoms with Crippen molar-refractivity contribution in [3.8, 4) is 0 Å². The lowest BCUT2D eigenvalue weighted by Crippen LogP contribution is -1.93. The zero-order chi connectivity index (χ0) is 18.9. The van der Waals surface area contributed by atoms with E-state index in [1.54, 1.807) is 0 Å².